The van der Waals surface area contributed by atoms with Crippen LogP contribution in [0.5, 0.6) is 0 Å². The van der Waals surface area contributed by atoms with Crippen LogP contribution in [0.1, 0.15) is 25.1 Å². The largest absolute Gasteiger partial charge is 0.481 e. The van der Waals surface area contributed by atoms with Gasteiger partial charge in [0.1, 0.15) is 17.3 Å². The van der Waals surface area contributed by atoms with Gasteiger partial charge in [-0.3, -0.25) is 4.79 Å². The number of carbonyl (C=O) groups is 1. The van der Waals surface area contributed by atoms with E-state index >= 15 is 0 Å². The molecule has 4 nitrogen and oxygen atoms in total. The lowest BCUT2D eigenvalue weighted by Gasteiger charge is -2.04. The summed E-state index contributed by atoms with van der Waals surface area (Å²) in [6.07, 6.45) is 0.493. The lowest BCUT2D eigenvalue weighted by molar-refractivity contribution is -0.139. The first-order valence-corrected chi connectivity index (χ1v) is 5.38. The van der Waals surface area contributed by atoms with Gasteiger partial charge in [0, 0.05) is 0 Å². The SMILES string of the molecule is CCC(C(=O)O)c1nc2c(Cl)cccc2[nH]1. The highest BCUT2D eigenvalue weighted by Crippen LogP contribution is 2.25. The number of hydrogen-bond acceptors (Lipinski definition) is 2. The summed E-state index contributed by atoms with van der Waals surface area (Å²) in [7, 11) is 0. The second-order valence-corrected chi connectivity index (χ2v) is 3.96. The molecule has 0 saturated carbocycles. The van der Waals surface area contributed by atoms with Crippen molar-refractivity contribution < 1.29 is 9.90 Å². The Morgan fingerprint density at radius 1 is 1.62 bits per heavy atom. The third-order valence-electron chi connectivity index (χ3n) is 2.52. The number of nitrogens with one attached hydrogen (secondary N) is 1. The van der Waals surface area contributed by atoms with Gasteiger partial charge in [0.15, 0.2) is 0 Å². The van der Waals surface area contributed by atoms with E-state index < -0.39 is 11.9 Å². The summed E-state index contributed by atoms with van der Waals surface area (Å²) >= 11 is 5.97. The molecule has 1 heterocycles. The average molecular weight is 239 g/mol. The van der Waals surface area contributed by atoms with Gasteiger partial charge in [-0.05, 0) is 18.6 Å². The van der Waals surface area contributed by atoms with Gasteiger partial charge in [0.25, 0.3) is 0 Å². The fraction of sp³-hybridized carbons (Fsp3) is 0.273. The number of carboxylic acids is 1. The van der Waals surface area contributed by atoms with Crippen molar-refractivity contribution in [2.45, 2.75) is 19.3 Å². The van der Waals surface area contributed by atoms with Crippen LogP contribution < -0.4 is 0 Å². The molecule has 0 fully saturated rings. The summed E-state index contributed by atoms with van der Waals surface area (Å²) in [6, 6.07) is 5.36. The highest BCUT2D eigenvalue weighted by Gasteiger charge is 2.21. The topological polar surface area (TPSA) is 66.0 Å². The first-order chi connectivity index (χ1) is 7.63. The number of carboxylic acid groups (broad SMARTS) is 1. The van der Waals surface area contributed by atoms with Crippen molar-refractivity contribution in [1.29, 1.82) is 0 Å². The summed E-state index contributed by atoms with van der Waals surface area (Å²) in [4.78, 5) is 18.2. The minimum absolute atomic E-state index is 0.457. The van der Waals surface area contributed by atoms with Crippen LogP contribution in [-0.4, -0.2) is 21.0 Å². The highest BCUT2D eigenvalue weighted by atomic mass is 35.5. The molecule has 2 rings (SSSR count). The first-order valence-electron chi connectivity index (χ1n) is 5.00. The minimum Gasteiger partial charge on any atom is -0.481 e. The fourth-order valence-corrected chi connectivity index (χ4v) is 1.88. The van der Waals surface area contributed by atoms with Crippen LogP contribution >= 0.6 is 11.6 Å². The molecule has 16 heavy (non-hydrogen) atoms. The standard InChI is InChI=1S/C11H11ClN2O2/c1-2-6(11(15)16)10-13-8-5-3-4-7(12)9(8)14-10/h3-6H,2H2,1H3,(H,13,14)(H,15,16). The molecular weight excluding hydrogens is 228 g/mol. The number of fused-ring (bicyclic) bond motifs is 1. The first kappa shape index (κ1) is 11.0. The summed E-state index contributed by atoms with van der Waals surface area (Å²) in [6.45, 7) is 1.81. The van der Waals surface area contributed by atoms with Gasteiger partial charge in [0.2, 0.25) is 0 Å². The maximum absolute atomic E-state index is 11.0. The lowest BCUT2D eigenvalue weighted by atomic mass is 10.1. The number of halogens is 1. The van der Waals surface area contributed by atoms with E-state index in [0.29, 0.717) is 22.8 Å². The van der Waals surface area contributed by atoms with E-state index in [4.69, 9.17) is 16.7 Å². The van der Waals surface area contributed by atoms with Gasteiger partial charge < -0.3 is 10.1 Å². The van der Waals surface area contributed by atoms with Crippen LogP contribution in [0.2, 0.25) is 5.02 Å². The van der Waals surface area contributed by atoms with Gasteiger partial charge >= 0.3 is 5.97 Å². The number of H-pyrrole nitrogens is 1. The van der Waals surface area contributed by atoms with Crippen molar-refractivity contribution in [2.75, 3.05) is 0 Å². The summed E-state index contributed by atoms with van der Waals surface area (Å²) < 4.78 is 0. The normalized spacial score (nSPS) is 12.9. The van der Waals surface area contributed by atoms with Crippen molar-refractivity contribution in [1.82, 2.24) is 9.97 Å². The van der Waals surface area contributed by atoms with Crippen LogP contribution in [0.3, 0.4) is 0 Å². The van der Waals surface area contributed by atoms with Crippen molar-refractivity contribution in [2.24, 2.45) is 0 Å². The number of aromatic nitrogens is 2. The maximum Gasteiger partial charge on any atom is 0.314 e. The van der Waals surface area contributed by atoms with Gasteiger partial charge in [0.05, 0.1) is 10.5 Å². The fourth-order valence-electron chi connectivity index (χ4n) is 1.67. The van der Waals surface area contributed by atoms with Crippen molar-refractivity contribution >= 4 is 28.6 Å². The Kier molecular flexibility index (Phi) is 2.83. The molecule has 2 aromatic rings. The quantitative estimate of drug-likeness (QED) is 0.864. The Labute approximate surface area is 97.3 Å². The number of imidazole rings is 1. The van der Waals surface area contributed by atoms with Gasteiger partial charge in [-0.2, -0.15) is 0 Å². The second-order valence-electron chi connectivity index (χ2n) is 3.56. The number of aliphatic carboxylic acids is 1. The van der Waals surface area contributed by atoms with Crippen molar-refractivity contribution in [3.8, 4) is 0 Å². The zero-order chi connectivity index (χ0) is 11.7. The van der Waals surface area contributed by atoms with Crippen LogP contribution in [0.15, 0.2) is 18.2 Å². The van der Waals surface area contributed by atoms with E-state index in [1.807, 2.05) is 13.0 Å². The maximum atomic E-state index is 11.0. The van der Waals surface area contributed by atoms with E-state index in [9.17, 15) is 4.79 Å². The number of nitrogens with zero attached hydrogens (tertiary/aromatic N) is 1. The Morgan fingerprint density at radius 2 is 2.38 bits per heavy atom. The Bertz CT molecular complexity index is 536. The molecule has 1 unspecified atom stereocenters. The van der Waals surface area contributed by atoms with Crippen LogP contribution in [0.4, 0.5) is 0 Å². The predicted octanol–water partition coefficient (Wildman–Crippen LogP) is 2.79. The number of rotatable bonds is 3. The van der Waals surface area contributed by atoms with Crippen molar-refractivity contribution in [3.63, 3.8) is 0 Å². The molecule has 5 heteroatoms. The molecule has 0 radical (unpaired) electrons. The van der Waals surface area contributed by atoms with E-state index in [0.717, 1.165) is 5.52 Å². The predicted molar refractivity (Wildman–Crippen MR) is 61.8 cm³/mol. The molecule has 1 atom stereocenters. The molecule has 0 amide bonds. The number of benzene rings is 1. The number of aromatic amines is 1. The second kappa shape index (κ2) is 4.14. The van der Waals surface area contributed by atoms with E-state index in [1.165, 1.54) is 0 Å². The third-order valence-corrected chi connectivity index (χ3v) is 2.82. The Balaban J connectivity index is 2.54. The molecule has 84 valence electrons. The Hall–Kier alpha value is -1.55. The van der Waals surface area contributed by atoms with Crippen LogP contribution in [0.25, 0.3) is 11.0 Å². The molecule has 0 aliphatic heterocycles. The zero-order valence-corrected chi connectivity index (χ0v) is 9.45. The van der Waals surface area contributed by atoms with Crippen LogP contribution in [-0.2, 0) is 4.79 Å². The average Bonchev–Trinajstić information content (AvgIpc) is 2.63. The molecule has 2 N–H and O–H groups in total. The zero-order valence-electron chi connectivity index (χ0n) is 8.70. The molecule has 0 bridgehead atoms. The molecule has 0 saturated heterocycles. The number of para-hydroxylation sites is 1. The molecule has 0 aliphatic carbocycles. The van der Waals surface area contributed by atoms with Crippen molar-refractivity contribution in [3.05, 3.63) is 29.0 Å². The molecule has 0 spiro atoms. The summed E-state index contributed by atoms with van der Waals surface area (Å²) in [5.41, 5.74) is 1.39. The van der Waals surface area contributed by atoms with Crippen LogP contribution in [0, 0.1) is 0 Å². The monoisotopic (exact) mass is 238 g/mol. The summed E-state index contributed by atoms with van der Waals surface area (Å²) in [5.74, 6) is -1.03. The highest BCUT2D eigenvalue weighted by molar-refractivity contribution is 6.34. The van der Waals surface area contributed by atoms with E-state index in [1.54, 1.807) is 12.1 Å². The molecular formula is C11H11ClN2O2. The lowest BCUT2D eigenvalue weighted by Crippen LogP contribution is -2.11. The smallest absolute Gasteiger partial charge is 0.314 e. The molecule has 1 aromatic carbocycles. The third kappa shape index (κ3) is 1.76. The summed E-state index contributed by atoms with van der Waals surface area (Å²) in [5, 5.41) is 9.56. The van der Waals surface area contributed by atoms with E-state index in [-0.39, 0.29) is 0 Å². The van der Waals surface area contributed by atoms with Gasteiger partial charge in [-0.1, -0.05) is 24.6 Å². The molecule has 1 aromatic heterocycles. The molecule has 0 aliphatic rings. The Morgan fingerprint density at radius 3 is 2.94 bits per heavy atom. The van der Waals surface area contributed by atoms with Gasteiger partial charge in [-0.25, -0.2) is 4.98 Å². The minimum atomic E-state index is -0.877. The number of hydrogen-bond donors (Lipinski definition) is 2. The van der Waals surface area contributed by atoms with Gasteiger partial charge in [-0.15, -0.1) is 0 Å². The van der Waals surface area contributed by atoms with E-state index in [2.05, 4.69) is 9.97 Å².